The lowest BCUT2D eigenvalue weighted by Gasteiger charge is -2.18. The molecule has 0 aliphatic heterocycles. The third-order valence-electron chi connectivity index (χ3n) is 2.89. The fourth-order valence-corrected chi connectivity index (χ4v) is 2.99. The maximum absolute atomic E-state index is 13.1. The Balaban J connectivity index is 2.25. The number of pyridine rings is 1. The van der Waals surface area contributed by atoms with Crippen LogP contribution in [0.3, 0.4) is 0 Å². The summed E-state index contributed by atoms with van der Waals surface area (Å²) in [5, 5.41) is 3.25. The molecule has 0 saturated carbocycles. The van der Waals surface area contributed by atoms with Gasteiger partial charge in [-0.15, -0.1) is 0 Å². The van der Waals surface area contributed by atoms with Gasteiger partial charge in [-0.25, -0.2) is 4.39 Å². The number of hydrogen-bond acceptors (Lipinski definition) is 2. The van der Waals surface area contributed by atoms with Crippen molar-refractivity contribution in [3.8, 4) is 0 Å². The first kappa shape index (κ1) is 14.6. The highest BCUT2D eigenvalue weighted by atomic mass is 79.9. The summed E-state index contributed by atoms with van der Waals surface area (Å²) in [5.41, 5.74) is 2.15. The van der Waals surface area contributed by atoms with E-state index in [0.717, 1.165) is 26.5 Å². The average molecular weight is 388 g/mol. The van der Waals surface area contributed by atoms with Crippen LogP contribution in [0.1, 0.15) is 17.2 Å². The van der Waals surface area contributed by atoms with Gasteiger partial charge in [0.15, 0.2) is 0 Å². The van der Waals surface area contributed by atoms with Gasteiger partial charge in [0.25, 0.3) is 0 Å². The Hall–Kier alpha value is -0.780. The van der Waals surface area contributed by atoms with Crippen LogP contribution in [0.15, 0.2) is 45.6 Å². The van der Waals surface area contributed by atoms with Crippen molar-refractivity contribution in [1.29, 1.82) is 0 Å². The molecule has 0 saturated heterocycles. The molecule has 0 bridgehead atoms. The first-order chi connectivity index (χ1) is 9.10. The number of likely N-dealkylation sites (N-methyl/N-ethyl adjacent to an activating group) is 1. The summed E-state index contributed by atoms with van der Waals surface area (Å²) in [6.45, 7) is 0. The summed E-state index contributed by atoms with van der Waals surface area (Å²) < 4.78 is 14.9. The Labute approximate surface area is 128 Å². The molecule has 0 spiro atoms. The normalized spacial score (nSPS) is 12.4. The minimum Gasteiger partial charge on any atom is -0.313 e. The molecule has 2 aromatic rings. The monoisotopic (exact) mass is 386 g/mol. The van der Waals surface area contributed by atoms with Crippen molar-refractivity contribution < 1.29 is 4.39 Å². The number of nitrogens with one attached hydrogen (secondary N) is 1. The predicted octanol–water partition coefficient (Wildman–Crippen LogP) is 4.25. The van der Waals surface area contributed by atoms with Gasteiger partial charge in [-0.3, -0.25) is 4.98 Å². The molecule has 2 nitrogen and oxygen atoms in total. The number of hydrogen-bond donors (Lipinski definition) is 1. The number of rotatable bonds is 4. The third-order valence-corrected chi connectivity index (χ3v) is 4.01. The molecule has 0 aliphatic rings. The lowest BCUT2D eigenvalue weighted by atomic mass is 10.00. The zero-order valence-electron chi connectivity index (χ0n) is 10.3. The lowest BCUT2D eigenvalue weighted by molar-refractivity contribution is 0.582. The summed E-state index contributed by atoms with van der Waals surface area (Å²) in [5.74, 6) is -0.241. The molecule has 5 heteroatoms. The first-order valence-corrected chi connectivity index (χ1v) is 7.40. The van der Waals surface area contributed by atoms with Gasteiger partial charge in [-0.2, -0.15) is 0 Å². The van der Waals surface area contributed by atoms with E-state index in [1.807, 2.05) is 19.3 Å². The van der Waals surface area contributed by atoms with E-state index in [4.69, 9.17) is 0 Å². The molecule has 0 radical (unpaired) electrons. The van der Waals surface area contributed by atoms with Gasteiger partial charge < -0.3 is 5.32 Å². The van der Waals surface area contributed by atoms with Crippen LogP contribution in [0, 0.1) is 5.82 Å². The fraction of sp³-hybridized carbons (Fsp3) is 0.214. The zero-order chi connectivity index (χ0) is 13.8. The van der Waals surface area contributed by atoms with Crippen molar-refractivity contribution in [2.24, 2.45) is 0 Å². The lowest BCUT2D eigenvalue weighted by Crippen LogP contribution is -2.19. The van der Waals surface area contributed by atoms with E-state index in [1.54, 1.807) is 12.3 Å². The zero-order valence-corrected chi connectivity index (χ0v) is 13.5. The topological polar surface area (TPSA) is 24.9 Å². The molecule has 1 aromatic carbocycles. The number of benzene rings is 1. The molecule has 100 valence electrons. The van der Waals surface area contributed by atoms with Crippen molar-refractivity contribution in [1.82, 2.24) is 10.3 Å². The van der Waals surface area contributed by atoms with Crippen molar-refractivity contribution in [2.45, 2.75) is 12.5 Å². The highest BCUT2D eigenvalue weighted by Gasteiger charge is 2.14. The second-order valence-electron chi connectivity index (χ2n) is 4.22. The standard InChI is InChI=1S/C14H13Br2FN2/c1-18-14(5-9-4-10(15)8-19-7-9)12-3-2-11(17)6-13(12)16/h2-4,6-8,14,18H,5H2,1H3. The Morgan fingerprint density at radius 2 is 2.05 bits per heavy atom. The van der Waals surface area contributed by atoms with Crippen LogP contribution >= 0.6 is 31.9 Å². The molecule has 19 heavy (non-hydrogen) atoms. The molecule has 1 aromatic heterocycles. The summed E-state index contributed by atoms with van der Waals surface area (Å²) in [7, 11) is 1.89. The largest absolute Gasteiger partial charge is 0.313 e. The van der Waals surface area contributed by atoms with E-state index >= 15 is 0 Å². The van der Waals surface area contributed by atoms with E-state index in [-0.39, 0.29) is 11.9 Å². The number of halogens is 3. The van der Waals surface area contributed by atoms with Gasteiger partial charge in [-0.05, 0) is 58.7 Å². The highest BCUT2D eigenvalue weighted by Crippen LogP contribution is 2.27. The number of nitrogens with zero attached hydrogens (tertiary/aromatic N) is 1. The molecule has 2 rings (SSSR count). The Bertz CT molecular complexity index is 575. The predicted molar refractivity (Wildman–Crippen MR) is 81.5 cm³/mol. The summed E-state index contributed by atoms with van der Waals surface area (Å²) in [6.07, 6.45) is 4.38. The number of aromatic nitrogens is 1. The molecule has 1 atom stereocenters. The molecule has 1 N–H and O–H groups in total. The van der Waals surface area contributed by atoms with Crippen LogP contribution in [-0.4, -0.2) is 12.0 Å². The van der Waals surface area contributed by atoms with Crippen molar-refractivity contribution in [3.63, 3.8) is 0 Å². The molecule has 0 aliphatic carbocycles. The Kier molecular flexibility index (Phi) is 5.07. The van der Waals surface area contributed by atoms with Gasteiger partial charge in [-0.1, -0.05) is 22.0 Å². The van der Waals surface area contributed by atoms with E-state index in [0.29, 0.717) is 0 Å². The summed E-state index contributed by atoms with van der Waals surface area (Å²) in [6, 6.07) is 6.90. The molecule has 0 fully saturated rings. The Morgan fingerprint density at radius 3 is 2.68 bits per heavy atom. The highest BCUT2D eigenvalue weighted by molar-refractivity contribution is 9.10. The van der Waals surface area contributed by atoms with Gasteiger partial charge in [0.05, 0.1) is 0 Å². The van der Waals surface area contributed by atoms with Gasteiger partial charge in [0.1, 0.15) is 5.82 Å². The SMILES string of the molecule is CNC(Cc1cncc(Br)c1)c1ccc(F)cc1Br. The fourth-order valence-electron chi connectivity index (χ4n) is 1.95. The first-order valence-electron chi connectivity index (χ1n) is 5.82. The van der Waals surface area contributed by atoms with E-state index in [2.05, 4.69) is 42.2 Å². The van der Waals surface area contributed by atoms with Crippen LogP contribution in [0.2, 0.25) is 0 Å². The van der Waals surface area contributed by atoms with Gasteiger partial charge in [0, 0.05) is 27.4 Å². The quantitative estimate of drug-likeness (QED) is 0.848. The third kappa shape index (κ3) is 3.84. The molecule has 1 heterocycles. The minimum absolute atomic E-state index is 0.103. The molecule has 1 unspecified atom stereocenters. The van der Waals surface area contributed by atoms with Crippen molar-refractivity contribution in [3.05, 3.63) is 62.5 Å². The summed E-state index contributed by atoms with van der Waals surface area (Å²) >= 11 is 6.82. The Morgan fingerprint density at radius 1 is 1.26 bits per heavy atom. The van der Waals surface area contributed by atoms with Gasteiger partial charge >= 0.3 is 0 Å². The van der Waals surface area contributed by atoms with Crippen LogP contribution in [0.5, 0.6) is 0 Å². The van der Waals surface area contributed by atoms with E-state index in [1.165, 1.54) is 12.1 Å². The van der Waals surface area contributed by atoms with E-state index in [9.17, 15) is 4.39 Å². The van der Waals surface area contributed by atoms with Crippen molar-refractivity contribution in [2.75, 3.05) is 7.05 Å². The minimum atomic E-state index is -0.241. The smallest absolute Gasteiger partial charge is 0.124 e. The molecule has 0 amide bonds. The van der Waals surface area contributed by atoms with Crippen molar-refractivity contribution >= 4 is 31.9 Å². The van der Waals surface area contributed by atoms with Crippen LogP contribution in [-0.2, 0) is 6.42 Å². The maximum atomic E-state index is 13.1. The summed E-state index contributed by atoms with van der Waals surface area (Å²) in [4.78, 5) is 4.16. The van der Waals surface area contributed by atoms with Crippen LogP contribution in [0.4, 0.5) is 4.39 Å². The van der Waals surface area contributed by atoms with E-state index < -0.39 is 0 Å². The average Bonchev–Trinajstić information content (AvgIpc) is 2.37. The van der Waals surface area contributed by atoms with Crippen LogP contribution < -0.4 is 5.32 Å². The second-order valence-corrected chi connectivity index (χ2v) is 5.99. The molecular formula is C14H13Br2FN2. The van der Waals surface area contributed by atoms with Gasteiger partial charge in [0.2, 0.25) is 0 Å². The maximum Gasteiger partial charge on any atom is 0.124 e. The molecular weight excluding hydrogens is 375 g/mol. The van der Waals surface area contributed by atoms with Crippen LogP contribution in [0.25, 0.3) is 0 Å². The second kappa shape index (κ2) is 6.59.